The van der Waals surface area contributed by atoms with Gasteiger partial charge in [-0.2, -0.15) is 0 Å². The molecule has 1 saturated heterocycles. The van der Waals surface area contributed by atoms with Crippen molar-refractivity contribution in [3.05, 3.63) is 101 Å². The van der Waals surface area contributed by atoms with Crippen molar-refractivity contribution in [1.82, 2.24) is 15.2 Å². The molecule has 2 aromatic carbocycles. The highest BCUT2D eigenvalue weighted by Gasteiger charge is 2.41. The van der Waals surface area contributed by atoms with Crippen molar-refractivity contribution >= 4 is 11.6 Å². The molecule has 2 heterocycles. The molecule has 5 nitrogen and oxygen atoms in total. The Kier molecular flexibility index (Phi) is 6.74. The molecular formula is C25H22F4N4O. The van der Waals surface area contributed by atoms with Gasteiger partial charge in [0.1, 0.15) is 11.6 Å². The minimum absolute atomic E-state index is 0.0155. The Labute approximate surface area is 193 Å². The van der Waals surface area contributed by atoms with Crippen LogP contribution in [0.2, 0.25) is 0 Å². The van der Waals surface area contributed by atoms with Gasteiger partial charge in [-0.1, -0.05) is 18.2 Å². The molecule has 0 aliphatic carbocycles. The lowest BCUT2D eigenvalue weighted by molar-refractivity contribution is -0.0764. The van der Waals surface area contributed by atoms with Crippen molar-refractivity contribution in [1.29, 1.82) is 5.41 Å². The van der Waals surface area contributed by atoms with Crippen LogP contribution < -0.4 is 5.32 Å². The first-order valence-electron chi connectivity index (χ1n) is 10.7. The Morgan fingerprint density at radius 2 is 1.68 bits per heavy atom. The number of nitrogens with zero attached hydrogens (tertiary/aromatic N) is 2. The van der Waals surface area contributed by atoms with Crippen molar-refractivity contribution in [2.75, 3.05) is 13.1 Å². The minimum Gasteiger partial charge on any atom is -0.348 e. The number of benzene rings is 2. The summed E-state index contributed by atoms with van der Waals surface area (Å²) in [5, 5.41) is 11.0. The highest BCUT2D eigenvalue weighted by atomic mass is 19.3. The summed E-state index contributed by atoms with van der Waals surface area (Å²) >= 11 is 0. The maximum atomic E-state index is 14.4. The van der Waals surface area contributed by atoms with E-state index < -0.39 is 42.5 Å². The van der Waals surface area contributed by atoms with E-state index in [9.17, 15) is 22.4 Å². The van der Waals surface area contributed by atoms with Gasteiger partial charge in [0.25, 0.3) is 11.8 Å². The Morgan fingerprint density at radius 3 is 2.38 bits per heavy atom. The average molecular weight is 470 g/mol. The fourth-order valence-corrected chi connectivity index (χ4v) is 4.09. The zero-order valence-corrected chi connectivity index (χ0v) is 18.1. The largest absolute Gasteiger partial charge is 0.348 e. The molecule has 176 valence electrons. The summed E-state index contributed by atoms with van der Waals surface area (Å²) in [6.45, 7) is -0.980. The smallest absolute Gasteiger partial charge is 0.262 e. The van der Waals surface area contributed by atoms with Crippen LogP contribution in [0.5, 0.6) is 0 Å². The fourth-order valence-electron chi connectivity index (χ4n) is 4.09. The highest BCUT2D eigenvalue weighted by Crippen LogP contribution is 2.29. The molecule has 1 amide bonds. The van der Waals surface area contributed by atoms with Crippen LogP contribution in [0, 0.1) is 17.0 Å². The number of carbonyl (C=O) groups excluding carboxylic acids is 1. The second-order valence-electron chi connectivity index (χ2n) is 8.29. The minimum atomic E-state index is -3.14. The molecule has 0 saturated carbocycles. The second-order valence-corrected chi connectivity index (χ2v) is 8.29. The molecule has 34 heavy (non-hydrogen) atoms. The molecule has 1 fully saturated rings. The van der Waals surface area contributed by atoms with Gasteiger partial charge >= 0.3 is 0 Å². The number of carbonyl (C=O) groups is 1. The van der Waals surface area contributed by atoms with Gasteiger partial charge < -0.3 is 5.32 Å². The van der Waals surface area contributed by atoms with Crippen LogP contribution in [0.25, 0.3) is 0 Å². The Balaban J connectivity index is 1.47. The summed E-state index contributed by atoms with van der Waals surface area (Å²) in [4.78, 5) is 18.0. The molecule has 3 aromatic rings. The van der Waals surface area contributed by atoms with Crippen LogP contribution in [0.4, 0.5) is 17.6 Å². The number of alkyl halides is 2. The van der Waals surface area contributed by atoms with Crippen LogP contribution in [0.15, 0.2) is 67.0 Å². The first-order valence-corrected chi connectivity index (χ1v) is 10.7. The maximum absolute atomic E-state index is 14.4. The number of pyridine rings is 1. The molecule has 1 aliphatic heterocycles. The number of nitrogens with one attached hydrogen (secondary N) is 2. The van der Waals surface area contributed by atoms with E-state index in [0.717, 1.165) is 12.1 Å². The van der Waals surface area contributed by atoms with Crippen molar-refractivity contribution < 1.29 is 22.4 Å². The quantitative estimate of drug-likeness (QED) is 0.414. The lowest BCUT2D eigenvalue weighted by atomic mass is 9.99. The van der Waals surface area contributed by atoms with Gasteiger partial charge in [-0.3, -0.25) is 20.1 Å². The van der Waals surface area contributed by atoms with Crippen molar-refractivity contribution in [2.45, 2.75) is 24.9 Å². The molecule has 1 aromatic heterocycles. The third-order valence-corrected chi connectivity index (χ3v) is 5.64. The zero-order valence-electron chi connectivity index (χ0n) is 18.1. The number of likely N-dealkylation sites (tertiary alicyclic amines) is 1. The Bertz CT molecular complexity index is 1180. The van der Waals surface area contributed by atoms with Gasteiger partial charge in [-0.05, 0) is 36.4 Å². The van der Waals surface area contributed by atoms with Gasteiger partial charge in [-0.25, -0.2) is 17.6 Å². The first kappa shape index (κ1) is 23.6. The number of hydrogen-bond donors (Lipinski definition) is 2. The number of amides is 1. The predicted octanol–water partition coefficient (Wildman–Crippen LogP) is 4.42. The number of piperidine rings is 1. The zero-order chi connectivity index (χ0) is 24.3. The third-order valence-electron chi connectivity index (χ3n) is 5.64. The normalized spacial score (nSPS) is 17.8. The molecule has 2 N–H and O–H groups in total. The molecule has 1 unspecified atom stereocenters. The van der Waals surface area contributed by atoms with Crippen molar-refractivity contribution in [3.63, 3.8) is 0 Å². The molecule has 9 heteroatoms. The Morgan fingerprint density at radius 1 is 1.03 bits per heavy atom. The lowest BCUT2D eigenvalue weighted by Crippen LogP contribution is -2.55. The number of rotatable bonds is 6. The van der Waals surface area contributed by atoms with E-state index in [1.165, 1.54) is 23.1 Å². The molecule has 0 spiro atoms. The van der Waals surface area contributed by atoms with Gasteiger partial charge in [0.15, 0.2) is 0 Å². The van der Waals surface area contributed by atoms with E-state index in [4.69, 9.17) is 5.41 Å². The molecule has 0 bridgehead atoms. The van der Waals surface area contributed by atoms with Crippen LogP contribution in [-0.2, 0) is 6.54 Å². The van der Waals surface area contributed by atoms with Gasteiger partial charge in [-0.15, -0.1) is 0 Å². The topological polar surface area (TPSA) is 69.1 Å². The average Bonchev–Trinajstić information content (AvgIpc) is 2.81. The van der Waals surface area contributed by atoms with Crippen molar-refractivity contribution in [2.24, 2.45) is 0 Å². The van der Waals surface area contributed by atoms with Crippen molar-refractivity contribution in [3.8, 4) is 0 Å². The van der Waals surface area contributed by atoms with E-state index in [0.29, 0.717) is 11.1 Å². The predicted molar refractivity (Wildman–Crippen MR) is 119 cm³/mol. The van der Waals surface area contributed by atoms with Gasteiger partial charge in [0.2, 0.25) is 0 Å². The summed E-state index contributed by atoms with van der Waals surface area (Å²) in [7, 11) is 0. The standard InChI is InChI=1S/C25H22F4N4O/c26-21-5-2-6-22(27)20(21)14-33-13-19(12-25(28,29)15-33)32-24(34)18-4-1-3-17(11-18)23(30)16-7-9-31-10-8-16/h1-11,19,30H,12-15H2,(H,32,34). The third kappa shape index (κ3) is 5.48. The van der Waals surface area contributed by atoms with E-state index in [-0.39, 0.29) is 29.9 Å². The molecule has 1 aliphatic rings. The fraction of sp³-hybridized carbons (Fsp3) is 0.240. The summed E-state index contributed by atoms with van der Waals surface area (Å²) in [6, 6.07) is 12.1. The SMILES string of the molecule is N=C(c1ccncc1)c1cccc(C(=O)NC2CN(Cc3c(F)cccc3F)CC(F)(F)C2)c1. The van der Waals surface area contributed by atoms with Crippen LogP contribution in [-0.4, -0.2) is 46.6 Å². The van der Waals surface area contributed by atoms with Crippen LogP contribution in [0.1, 0.15) is 33.5 Å². The second kappa shape index (κ2) is 9.72. The Hall–Kier alpha value is -3.59. The van der Waals surface area contributed by atoms with E-state index >= 15 is 0 Å². The molecule has 0 radical (unpaired) electrons. The number of halogens is 4. The molecule has 1 atom stereocenters. The van der Waals surface area contributed by atoms with Gasteiger partial charge in [0.05, 0.1) is 12.3 Å². The molecular weight excluding hydrogens is 448 g/mol. The van der Waals surface area contributed by atoms with E-state index in [1.807, 2.05) is 0 Å². The molecule has 4 rings (SSSR count). The summed E-state index contributed by atoms with van der Waals surface area (Å²) in [6.07, 6.45) is 2.53. The maximum Gasteiger partial charge on any atom is 0.262 e. The van der Waals surface area contributed by atoms with E-state index in [2.05, 4.69) is 10.3 Å². The summed E-state index contributed by atoms with van der Waals surface area (Å²) in [5.74, 6) is -5.31. The van der Waals surface area contributed by atoms with Crippen LogP contribution >= 0.6 is 0 Å². The van der Waals surface area contributed by atoms with Crippen LogP contribution in [0.3, 0.4) is 0 Å². The van der Waals surface area contributed by atoms with E-state index in [1.54, 1.807) is 36.7 Å². The number of aromatic nitrogens is 1. The first-order chi connectivity index (χ1) is 16.2. The summed E-state index contributed by atoms with van der Waals surface area (Å²) in [5.41, 5.74) is 1.24. The lowest BCUT2D eigenvalue weighted by Gasteiger charge is -2.38. The summed E-state index contributed by atoms with van der Waals surface area (Å²) < 4.78 is 56.8. The number of hydrogen-bond acceptors (Lipinski definition) is 4. The van der Waals surface area contributed by atoms with Gasteiger partial charge in [0, 0.05) is 60.2 Å². The highest BCUT2D eigenvalue weighted by molar-refractivity contribution is 6.11. The monoisotopic (exact) mass is 470 g/mol.